The average molecular weight is 542 g/mol. The van der Waals surface area contributed by atoms with Gasteiger partial charge in [-0.15, -0.1) is 5.10 Å². The molecule has 4 aromatic rings. The molecule has 10 nitrogen and oxygen atoms in total. The van der Waals surface area contributed by atoms with Gasteiger partial charge in [0.1, 0.15) is 31.3 Å². The lowest BCUT2D eigenvalue weighted by molar-refractivity contribution is -0.127. The molecule has 206 valence electrons. The van der Waals surface area contributed by atoms with Crippen LogP contribution < -0.4 is 19.7 Å². The number of rotatable bonds is 8. The molecule has 10 heteroatoms. The number of carbonyl (C=O) groups excluding carboxylic acids is 2. The van der Waals surface area contributed by atoms with E-state index < -0.39 is 6.04 Å². The smallest absolute Gasteiger partial charge is 0.249 e. The number of para-hydroxylation sites is 1. The van der Waals surface area contributed by atoms with Gasteiger partial charge in [0, 0.05) is 24.9 Å². The normalized spacial score (nSPS) is 17.0. The van der Waals surface area contributed by atoms with Gasteiger partial charge < -0.3 is 19.5 Å². The first-order valence-electron chi connectivity index (χ1n) is 13.5. The largest absolute Gasteiger partial charge is 0.486 e. The van der Waals surface area contributed by atoms with Crippen molar-refractivity contribution >= 4 is 28.5 Å². The second-order valence-corrected chi connectivity index (χ2v) is 9.97. The van der Waals surface area contributed by atoms with E-state index in [2.05, 4.69) is 15.6 Å². The Morgan fingerprint density at radius 3 is 2.65 bits per heavy atom. The molecule has 40 heavy (non-hydrogen) atoms. The third kappa shape index (κ3) is 5.22. The predicted octanol–water partition coefficient (Wildman–Crippen LogP) is 3.58. The highest BCUT2D eigenvalue weighted by molar-refractivity contribution is 6.02. The Labute approximate surface area is 231 Å². The number of hydrogen-bond acceptors (Lipinski definition) is 7. The number of benzene rings is 3. The molecule has 1 aromatic heterocycles. The number of fused-ring (bicyclic) bond motifs is 2. The summed E-state index contributed by atoms with van der Waals surface area (Å²) in [4.78, 5) is 29.8. The number of carbonyl (C=O) groups is 2. The lowest BCUT2D eigenvalue weighted by atomic mass is 9.98. The number of ether oxygens (including phenoxy) is 3. The Bertz CT molecular complexity index is 1530. The summed E-state index contributed by atoms with van der Waals surface area (Å²) in [6.07, 6.45) is 1.82. The van der Waals surface area contributed by atoms with Gasteiger partial charge in [0.2, 0.25) is 11.8 Å². The summed E-state index contributed by atoms with van der Waals surface area (Å²) in [5, 5.41) is 11.5. The molecular weight excluding hydrogens is 510 g/mol. The number of nitrogens with one attached hydrogen (secondary N) is 1. The van der Waals surface area contributed by atoms with Crippen molar-refractivity contribution < 1.29 is 23.8 Å². The van der Waals surface area contributed by atoms with E-state index in [0.717, 1.165) is 29.5 Å². The van der Waals surface area contributed by atoms with Gasteiger partial charge in [-0.25, -0.2) is 4.68 Å². The van der Waals surface area contributed by atoms with E-state index in [9.17, 15) is 9.59 Å². The quantitative estimate of drug-likeness (QED) is 0.363. The van der Waals surface area contributed by atoms with Crippen molar-refractivity contribution in [2.24, 2.45) is 0 Å². The maximum Gasteiger partial charge on any atom is 0.249 e. The highest BCUT2D eigenvalue weighted by Gasteiger charge is 2.35. The van der Waals surface area contributed by atoms with Crippen LogP contribution in [0.5, 0.6) is 11.5 Å². The van der Waals surface area contributed by atoms with Crippen molar-refractivity contribution in [1.29, 1.82) is 0 Å². The summed E-state index contributed by atoms with van der Waals surface area (Å²) in [7, 11) is 0. The summed E-state index contributed by atoms with van der Waals surface area (Å²) >= 11 is 0. The lowest BCUT2D eigenvalue weighted by Crippen LogP contribution is -2.47. The maximum absolute atomic E-state index is 14.3. The zero-order chi connectivity index (χ0) is 27.5. The van der Waals surface area contributed by atoms with E-state index in [0.29, 0.717) is 49.1 Å². The first-order chi connectivity index (χ1) is 19.6. The van der Waals surface area contributed by atoms with Crippen molar-refractivity contribution in [2.75, 3.05) is 31.3 Å². The lowest BCUT2D eigenvalue weighted by Gasteiger charge is -2.33. The molecule has 0 unspecified atom stereocenters. The summed E-state index contributed by atoms with van der Waals surface area (Å²) < 4.78 is 18.8. The molecule has 0 aliphatic carbocycles. The van der Waals surface area contributed by atoms with Gasteiger partial charge in [-0.3, -0.25) is 14.5 Å². The Hall–Kier alpha value is -4.44. The predicted molar refractivity (Wildman–Crippen MR) is 148 cm³/mol. The molecule has 0 radical (unpaired) electrons. The molecule has 2 atom stereocenters. The van der Waals surface area contributed by atoms with Crippen molar-refractivity contribution in [3.8, 4) is 11.5 Å². The van der Waals surface area contributed by atoms with Crippen LogP contribution in [-0.4, -0.2) is 59.3 Å². The number of aromatic nitrogens is 3. The Morgan fingerprint density at radius 2 is 1.82 bits per heavy atom. The Balaban J connectivity index is 1.42. The maximum atomic E-state index is 14.3. The van der Waals surface area contributed by atoms with Gasteiger partial charge >= 0.3 is 0 Å². The van der Waals surface area contributed by atoms with Gasteiger partial charge in [0.25, 0.3) is 0 Å². The fourth-order valence-corrected chi connectivity index (χ4v) is 5.26. The highest BCUT2D eigenvalue weighted by Crippen LogP contribution is 2.38. The van der Waals surface area contributed by atoms with Gasteiger partial charge in [0.05, 0.1) is 11.6 Å². The average Bonchev–Trinajstić information content (AvgIpc) is 3.65. The zero-order valence-electron chi connectivity index (χ0n) is 22.3. The SMILES string of the molecule is Cc1ccccc1[C@@H](C(=O)NC[C@@H]1CCCO1)N(C(=O)Cn1nnc2ccccc21)c1ccc2c(c1)OCCO2. The topological polar surface area (TPSA) is 108 Å². The number of hydrogen-bond donors (Lipinski definition) is 1. The second kappa shape index (κ2) is 11.4. The summed E-state index contributed by atoms with van der Waals surface area (Å²) in [6.45, 7) is 3.74. The third-order valence-corrected chi connectivity index (χ3v) is 7.30. The molecule has 0 saturated carbocycles. The molecule has 1 fully saturated rings. The first kappa shape index (κ1) is 25.8. The van der Waals surface area contributed by atoms with Crippen molar-refractivity contribution in [1.82, 2.24) is 20.3 Å². The van der Waals surface area contributed by atoms with Gasteiger partial charge in [-0.1, -0.05) is 41.6 Å². The monoisotopic (exact) mass is 541 g/mol. The van der Waals surface area contributed by atoms with Crippen LogP contribution in [0.25, 0.3) is 11.0 Å². The molecule has 3 aromatic carbocycles. The Morgan fingerprint density at radius 1 is 1.02 bits per heavy atom. The van der Waals surface area contributed by atoms with Crippen LogP contribution >= 0.6 is 0 Å². The fourth-order valence-electron chi connectivity index (χ4n) is 5.26. The number of aryl methyl sites for hydroxylation is 1. The van der Waals surface area contributed by atoms with Crippen LogP contribution in [0.2, 0.25) is 0 Å². The molecule has 2 aliphatic heterocycles. The molecule has 2 aliphatic rings. The molecule has 3 heterocycles. The first-order valence-corrected chi connectivity index (χ1v) is 13.5. The van der Waals surface area contributed by atoms with Crippen LogP contribution in [0, 0.1) is 6.92 Å². The van der Waals surface area contributed by atoms with Crippen molar-refractivity contribution in [2.45, 2.75) is 38.5 Å². The molecule has 6 rings (SSSR count). The van der Waals surface area contributed by atoms with Crippen molar-refractivity contribution in [3.63, 3.8) is 0 Å². The number of nitrogens with zero attached hydrogens (tertiary/aromatic N) is 4. The van der Waals surface area contributed by atoms with E-state index in [4.69, 9.17) is 14.2 Å². The molecule has 1 saturated heterocycles. The van der Waals surface area contributed by atoms with Crippen LogP contribution in [0.15, 0.2) is 66.7 Å². The van der Waals surface area contributed by atoms with E-state index in [1.165, 1.54) is 4.90 Å². The highest BCUT2D eigenvalue weighted by atomic mass is 16.6. The van der Waals surface area contributed by atoms with E-state index in [1.807, 2.05) is 55.5 Å². The van der Waals surface area contributed by atoms with Gasteiger partial charge in [-0.2, -0.15) is 0 Å². The molecule has 0 bridgehead atoms. The molecular formula is C30H31N5O5. The Kier molecular flexibility index (Phi) is 7.33. The van der Waals surface area contributed by atoms with E-state index >= 15 is 0 Å². The van der Waals surface area contributed by atoms with Gasteiger partial charge in [-0.05, 0) is 55.2 Å². The minimum absolute atomic E-state index is 0.0403. The second-order valence-electron chi connectivity index (χ2n) is 9.97. The third-order valence-electron chi connectivity index (χ3n) is 7.30. The standard InChI is InChI=1S/C30H31N5O5/c1-20-7-2-3-9-23(20)29(30(37)31-18-22-8-6-14-38-22)35(21-12-13-26-27(17-21)40-16-15-39-26)28(36)19-34-25-11-5-4-10-24(25)32-33-34/h2-5,7,9-13,17,22,29H,6,8,14-16,18-19H2,1H3,(H,31,37)/t22-,29-/m0/s1. The van der Waals surface area contributed by atoms with Gasteiger partial charge in [0.15, 0.2) is 11.5 Å². The summed E-state index contributed by atoms with van der Waals surface area (Å²) in [6, 6.07) is 19.4. The number of amides is 2. The fraction of sp³-hybridized carbons (Fsp3) is 0.333. The van der Waals surface area contributed by atoms with Crippen LogP contribution in [0.3, 0.4) is 0 Å². The number of anilines is 1. The minimum atomic E-state index is -0.951. The van der Waals surface area contributed by atoms with Crippen LogP contribution in [0.4, 0.5) is 5.69 Å². The van der Waals surface area contributed by atoms with E-state index in [-0.39, 0.29) is 24.5 Å². The van der Waals surface area contributed by atoms with Crippen LogP contribution in [0.1, 0.15) is 30.0 Å². The molecule has 1 N–H and O–H groups in total. The molecule has 2 amide bonds. The summed E-state index contributed by atoms with van der Waals surface area (Å²) in [5.74, 6) is 0.500. The zero-order valence-corrected chi connectivity index (χ0v) is 22.3. The minimum Gasteiger partial charge on any atom is -0.486 e. The van der Waals surface area contributed by atoms with E-state index in [1.54, 1.807) is 22.9 Å². The van der Waals surface area contributed by atoms with Crippen LogP contribution in [-0.2, 0) is 20.9 Å². The molecule has 0 spiro atoms. The van der Waals surface area contributed by atoms with Crippen molar-refractivity contribution in [3.05, 3.63) is 77.9 Å². The summed E-state index contributed by atoms with van der Waals surface area (Å²) in [5.41, 5.74) is 3.54.